The Kier molecular flexibility index (Phi) is 3.77. The number of hydrogen-bond donors (Lipinski definition) is 1. The van der Waals surface area contributed by atoms with Crippen LogP contribution in [-0.4, -0.2) is 12.6 Å². The minimum absolute atomic E-state index is 0.0268. The highest BCUT2D eigenvalue weighted by atomic mass is 16.5. The van der Waals surface area contributed by atoms with E-state index in [1.807, 2.05) is 19.9 Å². The molecule has 0 aliphatic heterocycles. The Hall–Kier alpha value is -1.38. The van der Waals surface area contributed by atoms with Crippen LogP contribution in [0.15, 0.2) is 42.5 Å². The van der Waals surface area contributed by atoms with Gasteiger partial charge in [-0.15, -0.1) is 0 Å². The predicted octanol–water partition coefficient (Wildman–Crippen LogP) is 3.26. The fourth-order valence-electron chi connectivity index (χ4n) is 2.12. The maximum atomic E-state index is 5.87. The molecule has 2 N–H and O–H groups in total. The highest BCUT2D eigenvalue weighted by Crippen LogP contribution is 2.26. The molecule has 0 saturated heterocycles. The summed E-state index contributed by atoms with van der Waals surface area (Å²) in [7, 11) is 0. The molecule has 2 aromatic carbocycles. The largest absolute Gasteiger partial charge is 0.370 e. The zero-order valence-corrected chi connectivity index (χ0v) is 10.4. The summed E-state index contributed by atoms with van der Waals surface area (Å²) in [6.45, 7) is 4.58. The Morgan fingerprint density at radius 3 is 2.47 bits per heavy atom. The summed E-state index contributed by atoms with van der Waals surface area (Å²) in [5, 5.41) is 2.46. The van der Waals surface area contributed by atoms with Gasteiger partial charge in [-0.25, -0.2) is 0 Å². The molecule has 0 heterocycles. The van der Waals surface area contributed by atoms with E-state index in [9.17, 15) is 0 Å². The zero-order valence-electron chi connectivity index (χ0n) is 10.4. The van der Waals surface area contributed by atoms with Gasteiger partial charge in [0.05, 0.1) is 12.2 Å². The fraction of sp³-hybridized carbons (Fsp3) is 0.333. The van der Waals surface area contributed by atoms with Crippen molar-refractivity contribution in [2.75, 3.05) is 6.54 Å². The Balaban J connectivity index is 2.46. The number of nitrogens with two attached hydrogens (primary N) is 1. The molecule has 2 rings (SSSR count). The minimum Gasteiger partial charge on any atom is -0.370 e. The van der Waals surface area contributed by atoms with Gasteiger partial charge in [-0.05, 0) is 30.2 Å². The van der Waals surface area contributed by atoms with Crippen molar-refractivity contribution < 1.29 is 4.74 Å². The molecule has 0 radical (unpaired) electrons. The molecule has 0 spiro atoms. The van der Waals surface area contributed by atoms with Gasteiger partial charge in [-0.3, -0.25) is 0 Å². The van der Waals surface area contributed by atoms with Gasteiger partial charge in [0.15, 0.2) is 0 Å². The SMILES string of the molecule is CC(C)O[C@H](CN)c1cccc2ccccc12. The predicted molar refractivity (Wildman–Crippen MR) is 72.0 cm³/mol. The Morgan fingerprint density at radius 1 is 1.06 bits per heavy atom. The van der Waals surface area contributed by atoms with E-state index < -0.39 is 0 Å². The molecule has 1 atom stereocenters. The zero-order chi connectivity index (χ0) is 12.3. The quantitative estimate of drug-likeness (QED) is 0.873. The van der Waals surface area contributed by atoms with E-state index in [0.717, 1.165) is 0 Å². The lowest BCUT2D eigenvalue weighted by Crippen LogP contribution is -2.19. The molecule has 0 unspecified atom stereocenters. The Labute approximate surface area is 102 Å². The van der Waals surface area contributed by atoms with Gasteiger partial charge in [0.2, 0.25) is 0 Å². The lowest BCUT2D eigenvalue weighted by molar-refractivity contribution is 0.0128. The molecule has 0 amide bonds. The van der Waals surface area contributed by atoms with Crippen molar-refractivity contribution in [2.24, 2.45) is 5.73 Å². The lowest BCUT2D eigenvalue weighted by Gasteiger charge is -2.20. The van der Waals surface area contributed by atoms with Gasteiger partial charge in [-0.1, -0.05) is 42.5 Å². The van der Waals surface area contributed by atoms with E-state index >= 15 is 0 Å². The van der Waals surface area contributed by atoms with Crippen LogP contribution in [0.2, 0.25) is 0 Å². The number of benzene rings is 2. The number of fused-ring (bicyclic) bond motifs is 1. The van der Waals surface area contributed by atoms with Crippen LogP contribution in [0.1, 0.15) is 25.5 Å². The van der Waals surface area contributed by atoms with Crippen molar-refractivity contribution in [3.63, 3.8) is 0 Å². The second kappa shape index (κ2) is 5.30. The van der Waals surface area contributed by atoms with Crippen LogP contribution in [-0.2, 0) is 4.74 Å². The third-order valence-corrected chi connectivity index (χ3v) is 2.82. The normalized spacial score (nSPS) is 13.2. The molecule has 0 fully saturated rings. The first-order valence-electron chi connectivity index (χ1n) is 6.05. The third-order valence-electron chi connectivity index (χ3n) is 2.82. The summed E-state index contributed by atoms with van der Waals surface area (Å²) in [5.41, 5.74) is 7.00. The molecule has 0 saturated carbocycles. The molecule has 17 heavy (non-hydrogen) atoms. The third kappa shape index (κ3) is 2.65. The molecule has 2 aromatic rings. The van der Waals surface area contributed by atoms with Crippen LogP contribution in [0.4, 0.5) is 0 Å². The number of rotatable bonds is 4. The molecule has 0 aliphatic rings. The van der Waals surface area contributed by atoms with Crippen LogP contribution in [0.5, 0.6) is 0 Å². The van der Waals surface area contributed by atoms with Crippen LogP contribution >= 0.6 is 0 Å². The minimum atomic E-state index is -0.0268. The van der Waals surface area contributed by atoms with Crippen LogP contribution in [0.3, 0.4) is 0 Å². The second-order valence-electron chi connectivity index (χ2n) is 4.48. The van der Waals surface area contributed by atoms with Gasteiger partial charge < -0.3 is 10.5 Å². The van der Waals surface area contributed by atoms with Crippen molar-refractivity contribution in [3.05, 3.63) is 48.0 Å². The summed E-state index contributed by atoms with van der Waals surface area (Å²) >= 11 is 0. The van der Waals surface area contributed by atoms with E-state index in [2.05, 4.69) is 36.4 Å². The highest BCUT2D eigenvalue weighted by Gasteiger charge is 2.14. The number of hydrogen-bond acceptors (Lipinski definition) is 2. The smallest absolute Gasteiger partial charge is 0.0956 e. The monoisotopic (exact) mass is 229 g/mol. The maximum Gasteiger partial charge on any atom is 0.0956 e. The molecular weight excluding hydrogens is 210 g/mol. The summed E-state index contributed by atoms with van der Waals surface area (Å²) in [6, 6.07) is 14.6. The molecule has 2 nitrogen and oxygen atoms in total. The topological polar surface area (TPSA) is 35.2 Å². The average molecular weight is 229 g/mol. The first-order chi connectivity index (χ1) is 8.22. The van der Waals surface area contributed by atoms with Gasteiger partial charge in [0.25, 0.3) is 0 Å². The molecular formula is C15H19NO. The van der Waals surface area contributed by atoms with Gasteiger partial charge >= 0.3 is 0 Å². The van der Waals surface area contributed by atoms with Gasteiger partial charge in [0, 0.05) is 6.54 Å². The van der Waals surface area contributed by atoms with Gasteiger partial charge in [-0.2, -0.15) is 0 Å². The first-order valence-corrected chi connectivity index (χ1v) is 6.05. The van der Waals surface area contributed by atoms with Crippen molar-refractivity contribution in [2.45, 2.75) is 26.1 Å². The maximum absolute atomic E-state index is 5.87. The summed E-state index contributed by atoms with van der Waals surface area (Å²) in [4.78, 5) is 0. The summed E-state index contributed by atoms with van der Waals surface area (Å²) in [6.07, 6.45) is 0.156. The number of ether oxygens (including phenoxy) is 1. The molecule has 2 heteroatoms. The second-order valence-corrected chi connectivity index (χ2v) is 4.48. The van der Waals surface area contributed by atoms with Crippen molar-refractivity contribution in [1.29, 1.82) is 0 Å². The molecule has 90 valence electrons. The van der Waals surface area contributed by atoms with E-state index in [0.29, 0.717) is 6.54 Å². The van der Waals surface area contributed by atoms with Gasteiger partial charge in [0.1, 0.15) is 0 Å². The van der Waals surface area contributed by atoms with Crippen molar-refractivity contribution in [3.8, 4) is 0 Å². The molecule has 0 aromatic heterocycles. The standard InChI is InChI=1S/C15H19NO/c1-11(2)17-15(10-16)14-9-5-7-12-6-3-4-8-13(12)14/h3-9,11,15H,10,16H2,1-2H3/t15-/m1/s1. The van der Waals surface area contributed by atoms with Crippen LogP contribution in [0, 0.1) is 0 Å². The van der Waals surface area contributed by atoms with E-state index in [4.69, 9.17) is 10.5 Å². The molecule has 0 bridgehead atoms. The highest BCUT2D eigenvalue weighted by molar-refractivity contribution is 5.86. The van der Waals surface area contributed by atoms with Crippen LogP contribution in [0.25, 0.3) is 10.8 Å². The summed E-state index contributed by atoms with van der Waals surface area (Å²) < 4.78 is 5.87. The molecule has 0 aliphatic carbocycles. The fourth-order valence-corrected chi connectivity index (χ4v) is 2.12. The first kappa shape index (κ1) is 12.1. The Morgan fingerprint density at radius 2 is 1.76 bits per heavy atom. The van der Waals surface area contributed by atoms with Crippen molar-refractivity contribution in [1.82, 2.24) is 0 Å². The van der Waals surface area contributed by atoms with Crippen molar-refractivity contribution >= 4 is 10.8 Å². The van der Waals surface area contributed by atoms with E-state index in [1.54, 1.807) is 0 Å². The van der Waals surface area contributed by atoms with E-state index in [1.165, 1.54) is 16.3 Å². The van der Waals surface area contributed by atoms with Crippen LogP contribution < -0.4 is 5.73 Å². The average Bonchev–Trinajstić information content (AvgIpc) is 2.35. The summed E-state index contributed by atoms with van der Waals surface area (Å²) in [5.74, 6) is 0. The van der Waals surface area contributed by atoms with E-state index in [-0.39, 0.29) is 12.2 Å². The lowest BCUT2D eigenvalue weighted by atomic mass is 10.0. The Bertz CT molecular complexity index is 488.